The average molecular weight is 557 g/mol. The molecule has 0 saturated carbocycles. The number of anilines is 2. The molecule has 42 heavy (non-hydrogen) atoms. The number of nitrogens with zero attached hydrogens (tertiary/aromatic N) is 2. The molecule has 0 spiro atoms. The minimum absolute atomic E-state index is 0.0978. The van der Waals surface area contributed by atoms with Gasteiger partial charge in [0.15, 0.2) is 0 Å². The van der Waals surface area contributed by atoms with Crippen LogP contribution in [0.25, 0.3) is 11.3 Å². The molecule has 0 unspecified atom stereocenters. The Labute approximate surface area is 247 Å². The highest BCUT2D eigenvalue weighted by atomic mass is 16.2. The number of hydrogen-bond donors (Lipinski definition) is 2. The van der Waals surface area contributed by atoms with Crippen LogP contribution in [0.2, 0.25) is 0 Å². The van der Waals surface area contributed by atoms with Crippen LogP contribution < -0.4 is 10.6 Å². The van der Waals surface area contributed by atoms with Gasteiger partial charge in [-0.2, -0.15) is 0 Å². The van der Waals surface area contributed by atoms with Gasteiger partial charge in [0.05, 0.1) is 11.3 Å². The van der Waals surface area contributed by atoms with E-state index in [1.807, 2.05) is 66.7 Å². The zero-order chi connectivity index (χ0) is 28.9. The lowest BCUT2D eigenvalue weighted by molar-refractivity contribution is -0.110. The van der Waals surface area contributed by atoms with Crippen molar-refractivity contribution in [3.63, 3.8) is 0 Å². The van der Waals surface area contributed by atoms with Crippen molar-refractivity contribution in [2.45, 2.75) is 32.4 Å². The van der Waals surface area contributed by atoms with E-state index in [2.05, 4.69) is 39.8 Å². The van der Waals surface area contributed by atoms with Crippen molar-refractivity contribution in [1.29, 1.82) is 0 Å². The molecule has 4 aromatic carbocycles. The lowest BCUT2D eigenvalue weighted by Crippen LogP contribution is -2.29. The van der Waals surface area contributed by atoms with Gasteiger partial charge >= 0.3 is 0 Å². The summed E-state index contributed by atoms with van der Waals surface area (Å²) < 4.78 is 0. The lowest BCUT2D eigenvalue weighted by atomic mass is 9.98. The summed E-state index contributed by atoms with van der Waals surface area (Å²) in [6.07, 6.45) is 3.88. The normalized spacial score (nSPS) is 16.0. The number of hydrogen-bond acceptors (Lipinski definition) is 4. The summed E-state index contributed by atoms with van der Waals surface area (Å²) in [4.78, 5) is 30.9. The van der Waals surface area contributed by atoms with Crippen molar-refractivity contribution in [1.82, 2.24) is 9.80 Å². The summed E-state index contributed by atoms with van der Waals surface area (Å²) in [6.45, 7) is 3.79. The molecule has 2 aliphatic rings. The van der Waals surface area contributed by atoms with Gasteiger partial charge in [0, 0.05) is 42.6 Å². The third-order valence-electron chi connectivity index (χ3n) is 8.01. The van der Waals surface area contributed by atoms with Crippen LogP contribution in [-0.2, 0) is 17.9 Å². The van der Waals surface area contributed by atoms with Crippen molar-refractivity contribution in [3.05, 3.63) is 131 Å². The number of carbonyl (C=O) groups excluding carboxylic acids is 2. The summed E-state index contributed by atoms with van der Waals surface area (Å²) in [5.74, 6) is -0.292. The third kappa shape index (κ3) is 6.14. The number of benzene rings is 4. The molecule has 2 heterocycles. The Balaban J connectivity index is 1.27. The molecule has 0 aliphatic carbocycles. The number of fused-ring (bicyclic) bond motifs is 1. The Morgan fingerprint density at radius 3 is 2.21 bits per heavy atom. The van der Waals surface area contributed by atoms with Crippen LogP contribution in [0.4, 0.5) is 11.4 Å². The molecule has 2 amide bonds. The van der Waals surface area contributed by atoms with E-state index in [0.717, 1.165) is 47.7 Å². The topological polar surface area (TPSA) is 64.7 Å². The molecular weight excluding hydrogens is 520 g/mol. The SMILES string of the molecule is CN(Cc1ccccc1)C(=O)c1ccc2c(c1)NC(=O)/C2=C(\Nc1ccc(CN2CCCCC2)cc1)c1ccccc1. The average Bonchev–Trinajstić information content (AvgIpc) is 3.36. The smallest absolute Gasteiger partial charge is 0.258 e. The lowest BCUT2D eigenvalue weighted by Gasteiger charge is -2.26. The number of nitrogens with one attached hydrogen (secondary N) is 2. The van der Waals surface area contributed by atoms with Gasteiger partial charge in [-0.05, 0) is 66.9 Å². The molecule has 6 heteroatoms. The van der Waals surface area contributed by atoms with Gasteiger partial charge in [0.1, 0.15) is 0 Å². The van der Waals surface area contributed by atoms with Crippen molar-refractivity contribution in [2.24, 2.45) is 0 Å². The van der Waals surface area contributed by atoms with Crippen molar-refractivity contribution >= 4 is 34.5 Å². The number of likely N-dealkylation sites (tertiary alicyclic amines) is 1. The quantitative estimate of drug-likeness (QED) is 0.232. The maximum Gasteiger partial charge on any atom is 0.258 e. The molecule has 1 fully saturated rings. The molecular formula is C36H36N4O2. The second kappa shape index (κ2) is 12.5. The second-order valence-electron chi connectivity index (χ2n) is 11.1. The highest BCUT2D eigenvalue weighted by Gasteiger charge is 2.29. The predicted octanol–water partition coefficient (Wildman–Crippen LogP) is 6.88. The van der Waals surface area contributed by atoms with Crippen LogP contribution in [0.5, 0.6) is 0 Å². The maximum atomic E-state index is 13.5. The fourth-order valence-corrected chi connectivity index (χ4v) is 5.80. The summed E-state index contributed by atoms with van der Waals surface area (Å²) in [6, 6.07) is 33.8. The largest absolute Gasteiger partial charge is 0.354 e. The molecule has 212 valence electrons. The van der Waals surface area contributed by atoms with Crippen molar-refractivity contribution in [3.8, 4) is 0 Å². The molecule has 2 aliphatic heterocycles. The standard InChI is InChI=1S/C36H36N4O2/c1-39(24-26-11-5-2-6-12-26)36(42)29-17-20-31-32(23-29)38-35(41)33(31)34(28-13-7-3-8-14-28)37-30-18-15-27(16-19-30)25-40-21-9-4-10-22-40/h2-3,5-8,11-20,23,37H,4,9-10,21-22,24-25H2,1H3,(H,38,41)/b34-33-. The molecule has 1 saturated heterocycles. The highest BCUT2D eigenvalue weighted by Crippen LogP contribution is 2.38. The van der Waals surface area contributed by atoms with Crippen LogP contribution in [0.15, 0.2) is 103 Å². The molecule has 0 aromatic heterocycles. The van der Waals surface area contributed by atoms with E-state index < -0.39 is 0 Å². The van der Waals surface area contributed by atoms with E-state index in [4.69, 9.17) is 0 Å². The minimum atomic E-state index is -0.194. The number of amides is 2. The molecule has 2 N–H and O–H groups in total. The first-order valence-corrected chi connectivity index (χ1v) is 14.7. The molecule has 0 bridgehead atoms. The molecule has 4 aromatic rings. The van der Waals surface area contributed by atoms with Crippen LogP contribution in [0, 0.1) is 0 Å². The van der Waals surface area contributed by atoms with E-state index in [0.29, 0.717) is 23.4 Å². The number of rotatable bonds is 8. The van der Waals surface area contributed by atoms with Crippen LogP contribution in [0.1, 0.15) is 51.9 Å². The van der Waals surface area contributed by atoms with Crippen LogP contribution in [0.3, 0.4) is 0 Å². The summed E-state index contributed by atoms with van der Waals surface area (Å²) in [5, 5.41) is 6.56. The van der Waals surface area contributed by atoms with Gasteiger partial charge in [-0.25, -0.2) is 0 Å². The Kier molecular flexibility index (Phi) is 8.15. The van der Waals surface area contributed by atoms with Crippen LogP contribution in [-0.4, -0.2) is 41.8 Å². The van der Waals surface area contributed by atoms with E-state index >= 15 is 0 Å². The summed E-state index contributed by atoms with van der Waals surface area (Å²) in [7, 11) is 1.79. The molecule has 0 atom stereocenters. The second-order valence-corrected chi connectivity index (χ2v) is 11.1. The van der Waals surface area contributed by atoms with Gasteiger partial charge in [-0.3, -0.25) is 14.5 Å². The first kappa shape index (κ1) is 27.5. The zero-order valence-corrected chi connectivity index (χ0v) is 24.0. The Bertz CT molecular complexity index is 1590. The number of piperidine rings is 1. The van der Waals surface area contributed by atoms with Gasteiger partial charge in [-0.15, -0.1) is 0 Å². The Morgan fingerprint density at radius 1 is 0.810 bits per heavy atom. The third-order valence-corrected chi connectivity index (χ3v) is 8.01. The summed E-state index contributed by atoms with van der Waals surface area (Å²) >= 11 is 0. The first-order chi connectivity index (χ1) is 20.5. The van der Waals surface area contributed by atoms with Gasteiger partial charge in [0.2, 0.25) is 0 Å². The van der Waals surface area contributed by atoms with Crippen molar-refractivity contribution in [2.75, 3.05) is 30.8 Å². The molecule has 0 radical (unpaired) electrons. The molecule has 6 rings (SSSR count). The number of carbonyl (C=O) groups is 2. The van der Waals surface area contributed by atoms with Gasteiger partial charge in [-0.1, -0.05) is 85.3 Å². The minimum Gasteiger partial charge on any atom is -0.354 e. The summed E-state index contributed by atoms with van der Waals surface area (Å²) in [5.41, 5.74) is 7.42. The van der Waals surface area contributed by atoms with E-state index in [1.54, 1.807) is 24.1 Å². The molecule has 6 nitrogen and oxygen atoms in total. The fourth-order valence-electron chi connectivity index (χ4n) is 5.80. The van der Waals surface area contributed by atoms with E-state index in [9.17, 15) is 9.59 Å². The Morgan fingerprint density at radius 2 is 1.50 bits per heavy atom. The van der Waals surface area contributed by atoms with E-state index in [1.165, 1.54) is 24.8 Å². The monoisotopic (exact) mass is 556 g/mol. The zero-order valence-electron chi connectivity index (χ0n) is 24.0. The Hall–Kier alpha value is -4.68. The fraction of sp³-hybridized carbons (Fsp3) is 0.222. The maximum absolute atomic E-state index is 13.5. The van der Waals surface area contributed by atoms with Crippen molar-refractivity contribution < 1.29 is 9.59 Å². The first-order valence-electron chi connectivity index (χ1n) is 14.7. The van der Waals surface area contributed by atoms with Gasteiger partial charge in [0.25, 0.3) is 11.8 Å². The van der Waals surface area contributed by atoms with E-state index in [-0.39, 0.29) is 11.8 Å². The highest BCUT2D eigenvalue weighted by molar-refractivity contribution is 6.37. The predicted molar refractivity (Wildman–Crippen MR) is 170 cm³/mol. The van der Waals surface area contributed by atoms with Gasteiger partial charge < -0.3 is 15.5 Å². The van der Waals surface area contributed by atoms with Crippen LogP contribution >= 0.6 is 0 Å².